The number of hydrogen-bond donors (Lipinski definition) is 1. The van der Waals surface area contributed by atoms with Gasteiger partial charge in [0.05, 0.1) is 29.1 Å². The van der Waals surface area contributed by atoms with E-state index in [0.29, 0.717) is 41.6 Å². The van der Waals surface area contributed by atoms with E-state index in [1.54, 1.807) is 24.4 Å². The van der Waals surface area contributed by atoms with Crippen LogP contribution in [0.4, 0.5) is 14.7 Å². The molecule has 0 saturated heterocycles. The molecule has 0 fully saturated rings. The molecule has 5 rings (SSSR count). The minimum Gasteiger partial charge on any atom is -0.494 e. The van der Waals surface area contributed by atoms with Crippen LogP contribution in [0.15, 0.2) is 71.2 Å². The lowest BCUT2D eigenvalue weighted by Crippen LogP contribution is -2.13. The fourth-order valence-corrected chi connectivity index (χ4v) is 5.86. The second kappa shape index (κ2) is 10.2. The van der Waals surface area contributed by atoms with Crippen molar-refractivity contribution in [3.63, 3.8) is 0 Å². The van der Waals surface area contributed by atoms with Crippen LogP contribution >= 0.6 is 11.3 Å². The summed E-state index contributed by atoms with van der Waals surface area (Å²) in [6.45, 7) is 0.312. The summed E-state index contributed by atoms with van der Waals surface area (Å²) in [5.41, 5.74) is 2.57. The first kappa shape index (κ1) is 24.8. The monoisotopic (exact) mass is 541 g/mol. The minimum absolute atomic E-state index is 0.0811. The lowest BCUT2D eigenvalue weighted by Gasteiger charge is -2.09. The molecule has 3 heterocycles. The maximum Gasteiger partial charge on any atom is 0.223 e. The highest BCUT2D eigenvalue weighted by Gasteiger charge is 2.20. The Hall–Kier alpha value is -3.90. The van der Waals surface area contributed by atoms with Crippen LogP contribution in [0.2, 0.25) is 0 Å². The largest absolute Gasteiger partial charge is 0.494 e. The summed E-state index contributed by atoms with van der Waals surface area (Å²) in [6, 6.07) is 11.1. The van der Waals surface area contributed by atoms with E-state index in [-0.39, 0.29) is 16.4 Å². The molecule has 0 spiro atoms. The smallest absolute Gasteiger partial charge is 0.223 e. The standard InChI is InChI=1S/C25H21F2N5O3S2/c1-35-21-15-16(3-8-19(21)27)22-23(32-12-13-36-25(32)31-22)20-9-11-29-24(30-20)28-10-2-14-37(33,34)18-6-4-17(26)5-7-18/h3-9,11-13,15H,2,10,14H2,1H3,(H,28,29,30). The van der Waals surface area contributed by atoms with Crippen molar-refractivity contribution < 1.29 is 21.9 Å². The number of halogens is 2. The van der Waals surface area contributed by atoms with E-state index in [1.807, 2.05) is 16.0 Å². The topological polar surface area (TPSA) is 98.5 Å². The Morgan fingerprint density at radius 2 is 1.89 bits per heavy atom. The number of benzene rings is 2. The van der Waals surface area contributed by atoms with Gasteiger partial charge in [-0.05, 0) is 55.0 Å². The van der Waals surface area contributed by atoms with Gasteiger partial charge in [0.1, 0.15) is 11.5 Å². The van der Waals surface area contributed by atoms with Gasteiger partial charge in [0.25, 0.3) is 0 Å². The summed E-state index contributed by atoms with van der Waals surface area (Å²) >= 11 is 1.46. The predicted octanol–water partition coefficient (Wildman–Crippen LogP) is 5.08. The first-order valence-electron chi connectivity index (χ1n) is 11.2. The molecule has 8 nitrogen and oxygen atoms in total. The Bertz CT molecular complexity index is 1670. The average molecular weight is 542 g/mol. The van der Waals surface area contributed by atoms with E-state index in [2.05, 4.69) is 15.3 Å². The molecule has 0 unspecified atom stereocenters. The first-order valence-corrected chi connectivity index (χ1v) is 13.7. The second-order valence-electron chi connectivity index (χ2n) is 8.03. The zero-order valence-corrected chi connectivity index (χ0v) is 21.2. The third kappa shape index (κ3) is 5.16. The summed E-state index contributed by atoms with van der Waals surface area (Å²) < 4.78 is 59.1. The van der Waals surface area contributed by atoms with Crippen LogP contribution in [0.1, 0.15) is 6.42 Å². The molecule has 5 aromatic rings. The van der Waals surface area contributed by atoms with Crippen molar-refractivity contribution >= 4 is 32.1 Å². The second-order valence-corrected chi connectivity index (χ2v) is 11.0. The summed E-state index contributed by atoms with van der Waals surface area (Å²) in [4.78, 5) is 14.4. The quantitative estimate of drug-likeness (QED) is 0.205. The molecule has 0 aliphatic rings. The Balaban J connectivity index is 1.36. The van der Waals surface area contributed by atoms with Gasteiger partial charge in [0, 0.05) is 29.9 Å². The van der Waals surface area contributed by atoms with E-state index in [9.17, 15) is 17.2 Å². The molecule has 0 radical (unpaired) electrons. The number of methoxy groups -OCH3 is 1. The molecule has 0 bridgehead atoms. The van der Waals surface area contributed by atoms with Crippen molar-refractivity contribution in [3.05, 3.63) is 77.9 Å². The summed E-state index contributed by atoms with van der Waals surface area (Å²) in [5, 5.41) is 4.97. The number of thiazole rings is 1. The number of nitrogens with one attached hydrogen (secondary N) is 1. The van der Waals surface area contributed by atoms with Gasteiger partial charge in [-0.15, -0.1) is 11.3 Å². The van der Waals surface area contributed by atoms with E-state index >= 15 is 0 Å². The van der Waals surface area contributed by atoms with Gasteiger partial charge in [-0.2, -0.15) is 0 Å². The molecule has 2 aromatic carbocycles. The zero-order chi connectivity index (χ0) is 26.0. The average Bonchev–Trinajstić information content (AvgIpc) is 3.49. The SMILES string of the molecule is COc1cc(-c2nc3sccn3c2-c2ccnc(NCCCS(=O)(=O)c3ccc(F)cc3)n2)ccc1F. The van der Waals surface area contributed by atoms with Crippen molar-refractivity contribution in [1.29, 1.82) is 0 Å². The number of rotatable bonds is 9. The van der Waals surface area contributed by atoms with Crippen LogP contribution < -0.4 is 10.1 Å². The molecular formula is C25H21F2N5O3S2. The number of imidazole rings is 1. The lowest BCUT2D eigenvalue weighted by molar-refractivity contribution is 0.387. The van der Waals surface area contributed by atoms with Gasteiger partial charge in [-0.1, -0.05) is 0 Å². The Morgan fingerprint density at radius 3 is 2.68 bits per heavy atom. The summed E-state index contributed by atoms with van der Waals surface area (Å²) in [5.74, 6) is -0.633. The third-order valence-corrected chi connectivity index (χ3v) is 8.20. The predicted molar refractivity (Wildman–Crippen MR) is 138 cm³/mol. The zero-order valence-electron chi connectivity index (χ0n) is 19.6. The molecule has 0 atom stereocenters. The van der Waals surface area contributed by atoms with Crippen LogP contribution in [0.5, 0.6) is 5.75 Å². The van der Waals surface area contributed by atoms with Gasteiger partial charge in [0.2, 0.25) is 5.95 Å². The minimum atomic E-state index is -3.53. The molecule has 1 N–H and O–H groups in total. The molecule has 3 aromatic heterocycles. The van der Waals surface area contributed by atoms with Crippen molar-refractivity contribution in [3.8, 4) is 28.4 Å². The number of sulfone groups is 1. The van der Waals surface area contributed by atoms with Gasteiger partial charge in [0.15, 0.2) is 26.4 Å². The molecule has 0 aliphatic carbocycles. The van der Waals surface area contributed by atoms with Crippen LogP contribution in [0, 0.1) is 11.6 Å². The number of fused-ring (bicyclic) bond motifs is 1. The number of aromatic nitrogens is 4. The fraction of sp³-hybridized carbons (Fsp3) is 0.160. The van der Waals surface area contributed by atoms with Crippen molar-refractivity contribution in [2.75, 3.05) is 24.7 Å². The van der Waals surface area contributed by atoms with Crippen LogP contribution in [0.3, 0.4) is 0 Å². The summed E-state index contributed by atoms with van der Waals surface area (Å²) in [6.07, 6.45) is 3.78. The number of nitrogens with zero attached hydrogens (tertiary/aromatic N) is 4. The molecule has 0 saturated carbocycles. The molecule has 0 amide bonds. The highest BCUT2D eigenvalue weighted by atomic mass is 32.2. The fourth-order valence-electron chi connectivity index (χ4n) is 3.84. The number of ether oxygens (including phenoxy) is 1. The van der Waals surface area contributed by atoms with E-state index in [4.69, 9.17) is 9.72 Å². The van der Waals surface area contributed by atoms with E-state index < -0.39 is 21.5 Å². The molecule has 0 aliphatic heterocycles. The van der Waals surface area contributed by atoms with Crippen molar-refractivity contribution in [2.45, 2.75) is 11.3 Å². The highest BCUT2D eigenvalue weighted by Crippen LogP contribution is 2.35. The normalized spacial score (nSPS) is 11.6. The van der Waals surface area contributed by atoms with Crippen LogP contribution in [0.25, 0.3) is 27.6 Å². The summed E-state index contributed by atoms with van der Waals surface area (Å²) in [7, 11) is -2.13. The third-order valence-electron chi connectivity index (χ3n) is 5.63. The number of anilines is 1. The Labute approximate surface area is 215 Å². The van der Waals surface area contributed by atoms with E-state index in [1.165, 1.54) is 36.6 Å². The van der Waals surface area contributed by atoms with E-state index in [0.717, 1.165) is 17.1 Å². The first-order chi connectivity index (χ1) is 17.9. The molecule has 190 valence electrons. The Morgan fingerprint density at radius 1 is 1.08 bits per heavy atom. The van der Waals surface area contributed by atoms with Crippen LogP contribution in [-0.2, 0) is 9.84 Å². The maximum absolute atomic E-state index is 14.0. The maximum atomic E-state index is 14.0. The van der Waals surface area contributed by atoms with Crippen LogP contribution in [-0.4, -0.2) is 47.2 Å². The van der Waals surface area contributed by atoms with Crippen molar-refractivity contribution in [1.82, 2.24) is 19.4 Å². The molecule has 12 heteroatoms. The molecular weight excluding hydrogens is 520 g/mol. The molecule has 37 heavy (non-hydrogen) atoms. The Kier molecular flexibility index (Phi) is 6.85. The van der Waals surface area contributed by atoms with Crippen molar-refractivity contribution in [2.24, 2.45) is 0 Å². The lowest BCUT2D eigenvalue weighted by atomic mass is 10.1. The van der Waals surface area contributed by atoms with Gasteiger partial charge >= 0.3 is 0 Å². The number of hydrogen-bond acceptors (Lipinski definition) is 8. The van der Waals surface area contributed by atoms with Gasteiger partial charge in [-0.25, -0.2) is 32.2 Å². The highest BCUT2D eigenvalue weighted by molar-refractivity contribution is 7.91. The van der Waals surface area contributed by atoms with Gasteiger partial charge in [-0.3, -0.25) is 4.40 Å². The van der Waals surface area contributed by atoms with Gasteiger partial charge < -0.3 is 10.1 Å².